The second-order valence-electron chi connectivity index (χ2n) is 6.45. The Hall–Kier alpha value is -1.36. The van der Waals surface area contributed by atoms with E-state index in [1.54, 1.807) is 0 Å². The summed E-state index contributed by atoms with van der Waals surface area (Å²) in [5.74, 6) is 3.63. The molecular weight excluding hydrogens is 262 g/mol. The van der Waals surface area contributed by atoms with Gasteiger partial charge < -0.3 is 15.5 Å². The highest BCUT2D eigenvalue weighted by atomic mass is 15.2. The van der Waals surface area contributed by atoms with E-state index in [-0.39, 0.29) is 0 Å². The molecule has 5 heteroatoms. The quantitative estimate of drug-likeness (QED) is 0.872. The summed E-state index contributed by atoms with van der Waals surface area (Å²) in [6.45, 7) is 7.42. The van der Waals surface area contributed by atoms with Crippen molar-refractivity contribution in [1.82, 2.24) is 14.9 Å². The van der Waals surface area contributed by atoms with Crippen LogP contribution in [-0.2, 0) is 0 Å². The van der Waals surface area contributed by atoms with Crippen molar-refractivity contribution < 1.29 is 0 Å². The van der Waals surface area contributed by atoms with Gasteiger partial charge in [-0.1, -0.05) is 0 Å². The third-order valence-electron chi connectivity index (χ3n) is 4.42. The Morgan fingerprint density at radius 1 is 1.19 bits per heavy atom. The van der Waals surface area contributed by atoms with Crippen molar-refractivity contribution >= 4 is 11.6 Å². The van der Waals surface area contributed by atoms with Crippen LogP contribution in [-0.4, -0.2) is 47.6 Å². The highest BCUT2D eigenvalue weighted by Crippen LogP contribution is 2.39. The Labute approximate surface area is 127 Å². The molecule has 2 aliphatic rings. The van der Waals surface area contributed by atoms with Gasteiger partial charge in [-0.2, -0.15) is 0 Å². The molecule has 2 N–H and O–H groups in total. The number of piperidine rings is 1. The summed E-state index contributed by atoms with van der Waals surface area (Å²) in [4.78, 5) is 11.9. The van der Waals surface area contributed by atoms with Gasteiger partial charge in [0.2, 0.25) is 0 Å². The monoisotopic (exact) mass is 289 g/mol. The molecule has 2 heterocycles. The molecule has 1 saturated heterocycles. The van der Waals surface area contributed by atoms with E-state index in [1.165, 1.54) is 32.2 Å². The van der Waals surface area contributed by atoms with E-state index in [0.29, 0.717) is 12.0 Å². The number of anilines is 2. The lowest BCUT2D eigenvalue weighted by molar-refractivity contribution is 0.260. The summed E-state index contributed by atoms with van der Waals surface area (Å²) in [7, 11) is 2.19. The fraction of sp³-hybridized carbons (Fsp3) is 0.750. The lowest BCUT2D eigenvalue weighted by atomic mass is 10.1. The summed E-state index contributed by atoms with van der Waals surface area (Å²) in [6, 6.07) is 0.499. The van der Waals surface area contributed by atoms with E-state index in [2.05, 4.69) is 36.4 Å². The fourth-order valence-electron chi connectivity index (χ4n) is 3.02. The SMILES string of the molecule is CCNc1nc(C2CC2)nc(NC2CCCN(C)C2)c1C. The van der Waals surface area contributed by atoms with E-state index in [0.717, 1.165) is 36.1 Å². The first-order valence-electron chi connectivity index (χ1n) is 8.25. The van der Waals surface area contributed by atoms with Gasteiger partial charge in [-0.15, -0.1) is 0 Å². The average molecular weight is 289 g/mol. The van der Waals surface area contributed by atoms with Crippen molar-refractivity contribution in [2.45, 2.75) is 51.5 Å². The van der Waals surface area contributed by atoms with Gasteiger partial charge in [-0.05, 0) is 53.1 Å². The maximum absolute atomic E-state index is 4.82. The molecule has 2 fully saturated rings. The van der Waals surface area contributed by atoms with Crippen LogP contribution >= 0.6 is 0 Å². The molecule has 5 nitrogen and oxygen atoms in total. The van der Waals surface area contributed by atoms with Crippen LogP contribution in [0, 0.1) is 6.92 Å². The van der Waals surface area contributed by atoms with Gasteiger partial charge in [-0.3, -0.25) is 0 Å². The summed E-state index contributed by atoms with van der Waals surface area (Å²) >= 11 is 0. The van der Waals surface area contributed by atoms with Crippen LogP contribution in [0.25, 0.3) is 0 Å². The second-order valence-corrected chi connectivity index (χ2v) is 6.45. The molecule has 1 aliphatic carbocycles. The molecule has 1 atom stereocenters. The van der Waals surface area contributed by atoms with E-state index >= 15 is 0 Å². The van der Waals surface area contributed by atoms with Crippen LogP contribution in [0.1, 0.15) is 49.9 Å². The smallest absolute Gasteiger partial charge is 0.136 e. The van der Waals surface area contributed by atoms with Crippen molar-refractivity contribution in [2.75, 3.05) is 37.3 Å². The van der Waals surface area contributed by atoms with Gasteiger partial charge in [0.25, 0.3) is 0 Å². The number of rotatable bonds is 5. The average Bonchev–Trinajstić information content (AvgIpc) is 3.28. The lowest BCUT2D eigenvalue weighted by Gasteiger charge is -2.31. The number of nitrogens with one attached hydrogen (secondary N) is 2. The number of likely N-dealkylation sites (N-methyl/N-ethyl adjacent to an activating group) is 1. The summed E-state index contributed by atoms with van der Waals surface area (Å²) in [5.41, 5.74) is 1.15. The number of hydrogen-bond donors (Lipinski definition) is 2. The van der Waals surface area contributed by atoms with Crippen molar-refractivity contribution in [1.29, 1.82) is 0 Å². The molecule has 0 aromatic carbocycles. The first-order valence-corrected chi connectivity index (χ1v) is 8.25. The lowest BCUT2D eigenvalue weighted by Crippen LogP contribution is -2.40. The molecule has 1 unspecified atom stereocenters. The molecule has 116 valence electrons. The maximum Gasteiger partial charge on any atom is 0.136 e. The standard InChI is InChI=1S/C16H27N5/c1-4-17-14-11(2)15(20-16(19-14)12-7-8-12)18-13-6-5-9-21(3)10-13/h12-13H,4-10H2,1-3H3,(H2,17,18,19,20). The molecular formula is C16H27N5. The normalized spacial score (nSPS) is 23.1. The van der Waals surface area contributed by atoms with Gasteiger partial charge in [0.05, 0.1) is 0 Å². The van der Waals surface area contributed by atoms with Crippen molar-refractivity contribution in [3.05, 3.63) is 11.4 Å². The molecule has 1 aliphatic heterocycles. The minimum absolute atomic E-state index is 0.499. The molecule has 1 aromatic rings. The summed E-state index contributed by atoms with van der Waals surface area (Å²) < 4.78 is 0. The molecule has 0 amide bonds. The minimum atomic E-state index is 0.499. The largest absolute Gasteiger partial charge is 0.370 e. The van der Waals surface area contributed by atoms with Crippen LogP contribution < -0.4 is 10.6 Å². The number of aromatic nitrogens is 2. The number of nitrogens with zero attached hydrogens (tertiary/aromatic N) is 3. The zero-order valence-electron chi connectivity index (χ0n) is 13.4. The first kappa shape index (κ1) is 14.6. The summed E-state index contributed by atoms with van der Waals surface area (Å²) in [5, 5.41) is 7.05. The minimum Gasteiger partial charge on any atom is -0.370 e. The Morgan fingerprint density at radius 3 is 2.62 bits per heavy atom. The highest BCUT2D eigenvalue weighted by molar-refractivity contribution is 5.58. The zero-order chi connectivity index (χ0) is 14.8. The Bertz CT molecular complexity index is 498. The van der Waals surface area contributed by atoms with Crippen molar-refractivity contribution in [3.8, 4) is 0 Å². The van der Waals surface area contributed by atoms with Crippen LogP contribution in [0.4, 0.5) is 11.6 Å². The Kier molecular flexibility index (Phi) is 4.29. The Morgan fingerprint density at radius 2 is 1.95 bits per heavy atom. The molecule has 21 heavy (non-hydrogen) atoms. The number of likely N-dealkylation sites (tertiary alicyclic amines) is 1. The molecule has 1 saturated carbocycles. The molecule has 1 aromatic heterocycles. The molecule has 0 bridgehead atoms. The van der Waals surface area contributed by atoms with Crippen molar-refractivity contribution in [2.24, 2.45) is 0 Å². The highest BCUT2D eigenvalue weighted by Gasteiger charge is 2.28. The van der Waals surface area contributed by atoms with Gasteiger partial charge in [0.1, 0.15) is 17.5 Å². The van der Waals surface area contributed by atoms with Gasteiger partial charge in [0, 0.05) is 30.6 Å². The molecule has 0 spiro atoms. The van der Waals surface area contributed by atoms with Gasteiger partial charge in [-0.25, -0.2) is 9.97 Å². The van der Waals surface area contributed by atoms with Crippen LogP contribution in [0.3, 0.4) is 0 Å². The van der Waals surface area contributed by atoms with Crippen LogP contribution in [0.5, 0.6) is 0 Å². The van der Waals surface area contributed by atoms with E-state index < -0.39 is 0 Å². The second kappa shape index (κ2) is 6.18. The third kappa shape index (κ3) is 3.46. The third-order valence-corrected chi connectivity index (χ3v) is 4.42. The summed E-state index contributed by atoms with van der Waals surface area (Å²) in [6.07, 6.45) is 4.96. The van der Waals surface area contributed by atoms with Gasteiger partial charge >= 0.3 is 0 Å². The first-order chi connectivity index (χ1) is 10.2. The number of hydrogen-bond acceptors (Lipinski definition) is 5. The van der Waals surface area contributed by atoms with Gasteiger partial charge in [0.15, 0.2) is 0 Å². The van der Waals surface area contributed by atoms with E-state index in [9.17, 15) is 0 Å². The zero-order valence-corrected chi connectivity index (χ0v) is 13.4. The molecule has 0 radical (unpaired) electrons. The predicted molar refractivity (Wildman–Crippen MR) is 87.0 cm³/mol. The van der Waals surface area contributed by atoms with E-state index in [4.69, 9.17) is 9.97 Å². The van der Waals surface area contributed by atoms with Crippen molar-refractivity contribution in [3.63, 3.8) is 0 Å². The topological polar surface area (TPSA) is 53.1 Å². The van der Waals surface area contributed by atoms with Crippen LogP contribution in [0.15, 0.2) is 0 Å². The van der Waals surface area contributed by atoms with Crippen LogP contribution in [0.2, 0.25) is 0 Å². The Balaban J connectivity index is 1.81. The fourth-order valence-corrected chi connectivity index (χ4v) is 3.02. The molecule has 3 rings (SSSR count). The predicted octanol–water partition coefficient (Wildman–Crippen LogP) is 2.60. The van der Waals surface area contributed by atoms with E-state index in [1.807, 2.05) is 0 Å². The maximum atomic E-state index is 4.82.